The van der Waals surface area contributed by atoms with Crippen LogP contribution in [0, 0.1) is 24.3 Å². The number of benzene rings is 8. The summed E-state index contributed by atoms with van der Waals surface area (Å²) < 4.78 is 10.9. The van der Waals surface area contributed by atoms with Crippen LogP contribution < -0.4 is 0 Å². The van der Waals surface area contributed by atoms with Crippen LogP contribution in [-0.4, -0.2) is 53.2 Å². The Kier molecular flexibility index (Phi) is 9.74. The number of aromatic nitrogens is 11. The van der Waals surface area contributed by atoms with E-state index in [9.17, 15) is 0 Å². The first-order chi connectivity index (χ1) is 35.2. The Balaban J connectivity index is 0.00000247. The molecule has 11 nitrogen and oxygen atoms in total. The van der Waals surface area contributed by atoms with E-state index < -0.39 is 0 Å². The third-order valence-electron chi connectivity index (χ3n) is 14.1. The van der Waals surface area contributed by atoms with Gasteiger partial charge in [-0.1, -0.05) is 129 Å². The predicted octanol–water partition coefficient (Wildman–Crippen LogP) is 12.7. The van der Waals surface area contributed by atoms with Gasteiger partial charge in [-0.25, -0.2) is 9.97 Å². The van der Waals surface area contributed by atoms with Crippen molar-refractivity contribution in [3.8, 4) is 29.0 Å². The van der Waals surface area contributed by atoms with Crippen molar-refractivity contribution in [1.82, 2.24) is 53.2 Å². The van der Waals surface area contributed by atoms with Gasteiger partial charge in [-0.05, 0) is 70.1 Å². The summed E-state index contributed by atoms with van der Waals surface area (Å²) in [5, 5.41) is 28.3. The quantitative estimate of drug-likeness (QED) is 0.159. The molecule has 0 radical (unpaired) electrons. The van der Waals surface area contributed by atoms with Gasteiger partial charge >= 0.3 is 42.1 Å². The van der Waals surface area contributed by atoms with Gasteiger partial charge in [0.15, 0.2) is 6.33 Å². The Bertz CT molecular complexity index is 4590. The molecule has 0 amide bonds. The number of hydrogen-bond donors (Lipinski definition) is 0. The second-order valence-electron chi connectivity index (χ2n) is 17.8. The SMILES string of the molecule is [Pt+2].[Pt+2].[c-]1c2c(cc3c4ccccc4n(-c4[c-]c5c(cc4)c4ccccc4n5-c4ccccn4)c13)c1cc3c4ccccc4n(-c4[c-]c5c(cc4)c4ccccc4n5-c4ccccn4)c3[c-]c1n2-c1nncnn1. The zero-order valence-electron chi connectivity index (χ0n) is 37.9. The van der Waals surface area contributed by atoms with Crippen molar-refractivity contribution >= 4 is 109 Å². The smallest absolute Gasteiger partial charge is 0.358 e. The number of pyridine rings is 2. The molecule has 0 saturated heterocycles. The summed E-state index contributed by atoms with van der Waals surface area (Å²) in [4.78, 5) is 9.59. The molecule has 0 unspecified atom stereocenters. The summed E-state index contributed by atoms with van der Waals surface area (Å²) >= 11 is 0. The number of nitrogens with zero attached hydrogens (tertiary/aromatic N) is 11. The fourth-order valence-electron chi connectivity index (χ4n) is 11.2. The molecular weight excluding hydrogens is 1260 g/mol. The molecule has 13 heteroatoms. The first kappa shape index (κ1) is 43.2. The van der Waals surface area contributed by atoms with Crippen LogP contribution >= 0.6 is 0 Å². The summed E-state index contributed by atoms with van der Waals surface area (Å²) in [6.07, 6.45) is 5.01. The van der Waals surface area contributed by atoms with Crippen molar-refractivity contribution in [3.63, 3.8) is 0 Å². The Hall–Kier alpha value is -8.62. The molecule has 0 aliphatic heterocycles. The van der Waals surface area contributed by atoms with Crippen LogP contribution in [-0.2, 0) is 42.1 Å². The van der Waals surface area contributed by atoms with E-state index in [0.717, 1.165) is 132 Å². The third-order valence-corrected chi connectivity index (χ3v) is 14.1. The zero-order chi connectivity index (χ0) is 46.3. The summed E-state index contributed by atoms with van der Waals surface area (Å²) in [6, 6.07) is 74.8. The van der Waals surface area contributed by atoms with E-state index in [1.807, 2.05) is 53.4 Å². The largest absolute Gasteiger partial charge is 2.00 e. The maximum absolute atomic E-state index is 4.79. The minimum Gasteiger partial charge on any atom is -0.358 e. The van der Waals surface area contributed by atoms with Crippen LogP contribution in [0.25, 0.3) is 138 Å². The molecule has 0 atom stereocenters. The van der Waals surface area contributed by atoms with E-state index in [4.69, 9.17) is 9.97 Å². The molecule has 73 heavy (non-hydrogen) atoms. The van der Waals surface area contributed by atoms with E-state index in [-0.39, 0.29) is 42.1 Å². The molecule has 16 rings (SSSR count). The minimum atomic E-state index is 0. The number of para-hydroxylation sites is 4. The van der Waals surface area contributed by atoms with Crippen LogP contribution in [0.15, 0.2) is 189 Å². The average Bonchev–Trinajstić information content (AvgIpc) is 4.21. The van der Waals surface area contributed by atoms with Crippen molar-refractivity contribution in [2.24, 2.45) is 0 Å². The van der Waals surface area contributed by atoms with Gasteiger partial charge in [0.2, 0.25) is 0 Å². The van der Waals surface area contributed by atoms with Gasteiger partial charge in [-0.15, -0.1) is 78.3 Å². The van der Waals surface area contributed by atoms with Crippen LogP contribution in [0.4, 0.5) is 0 Å². The van der Waals surface area contributed by atoms with Crippen molar-refractivity contribution in [3.05, 3.63) is 213 Å². The zero-order valence-corrected chi connectivity index (χ0v) is 42.5. The number of hydrogen-bond acceptors (Lipinski definition) is 6. The van der Waals surface area contributed by atoms with Gasteiger partial charge in [0, 0.05) is 34.5 Å². The molecule has 346 valence electrons. The number of fused-ring (bicyclic) bond motifs is 15. The summed E-state index contributed by atoms with van der Waals surface area (Å²) in [7, 11) is 0. The van der Waals surface area contributed by atoms with Crippen molar-refractivity contribution in [2.75, 3.05) is 0 Å². The second-order valence-corrected chi connectivity index (χ2v) is 17.8. The van der Waals surface area contributed by atoms with Gasteiger partial charge < -0.3 is 22.8 Å². The van der Waals surface area contributed by atoms with E-state index in [1.165, 1.54) is 6.33 Å². The Morgan fingerprint density at radius 3 is 1.08 bits per heavy atom. The molecule has 0 aliphatic rings. The van der Waals surface area contributed by atoms with Gasteiger partial charge in [-0.2, -0.15) is 35.0 Å². The van der Waals surface area contributed by atoms with Crippen molar-refractivity contribution < 1.29 is 42.1 Å². The molecule has 0 N–H and O–H groups in total. The van der Waals surface area contributed by atoms with Crippen LogP contribution in [0.2, 0.25) is 0 Å². The van der Waals surface area contributed by atoms with Crippen LogP contribution in [0.1, 0.15) is 0 Å². The standard InChI is InChI=1S/C60H31N11.2Pt/c1-7-19-50-38(13-1)42-25-23-36(29-52(42)69(50)58-21-9-11-27-61-58)67-48-17-5-3-15-40(48)44-31-46-47-32-45-41-16-4-6-18-49(41)68(55(45)34-57(47)71(56(46)33-54(44)67)60-65-63-35-64-66-60)37-24-26-43-39-14-2-8-20-51(39)70(53(43)30-37)59-22-10-12-28-62-59;;/h1-28,31-32,35H;;/q-4;2*+2. The summed E-state index contributed by atoms with van der Waals surface area (Å²) in [5.41, 5.74) is 11.1. The van der Waals surface area contributed by atoms with Crippen LogP contribution in [0.3, 0.4) is 0 Å². The van der Waals surface area contributed by atoms with E-state index >= 15 is 0 Å². The summed E-state index contributed by atoms with van der Waals surface area (Å²) in [6.45, 7) is 0. The van der Waals surface area contributed by atoms with Gasteiger partial charge in [0.25, 0.3) is 5.95 Å². The van der Waals surface area contributed by atoms with E-state index in [2.05, 4.69) is 196 Å². The fraction of sp³-hybridized carbons (Fsp3) is 0. The molecule has 8 aromatic heterocycles. The maximum Gasteiger partial charge on any atom is 2.00 e. The first-order valence-electron chi connectivity index (χ1n) is 23.3. The minimum absolute atomic E-state index is 0. The van der Waals surface area contributed by atoms with Crippen molar-refractivity contribution in [2.45, 2.75) is 0 Å². The van der Waals surface area contributed by atoms with Gasteiger partial charge in [-0.3, -0.25) is 0 Å². The van der Waals surface area contributed by atoms with E-state index in [1.54, 1.807) is 0 Å². The van der Waals surface area contributed by atoms with Crippen LogP contribution in [0.5, 0.6) is 0 Å². The maximum atomic E-state index is 4.79. The number of rotatable bonds is 5. The Morgan fingerprint density at radius 1 is 0.301 bits per heavy atom. The van der Waals surface area contributed by atoms with Crippen molar-refractivity contribution in [1.29, 1.82) is 0 Å². The molecule has 0 fully saturated rings. The first-order valence-corrected chi connectivity index (χ1v) is 23.3. The molecule has 8 heterocycles. The normalized spacial score (nSPS) is 11.9. The monoisotopic (exact) mass is 1300 g/mol. The molecule has 0 bridgehead atoms. The van der Waals surface area contributed by atoms with Gasteiger partial charge in [0.1, 0.15) is 11.6 Å². The molecule has 16 aromatic rings. The Labute approximate surface area is 443 Å². The van der Waals surface area contributed by atoms with Gasteiger partial charge in [0.05, 0.1) is 0 Å². The predicted molar refractivity (Wildman–Crippen MR) is 280 cm³/mol. The van der Waals surface area contributed by atoms with E-state index in [0.29, 0.717) is 5.95 Å². The molecular formula is C60H31N11Pt2. The average molecular weight is 1300 g/mol. The second kappa shape index (κ2) is 16.5. The Morgan fingerprint density at radius 2 is 0.658 bits per heavy atom. The molecule has 0 saturated carbocycles. The summed E-state index contributed by atoms with van der Waals surface area (Å²) in [5.74, 6) is 1.96. The fourth-order valence-corrected chi connectivity index (χ4v) is 11.2. The molecule has 8 aromatic carbocycles. The third kappa shape index (κ3) is 6.13. The topological polar surface area (TPSA) is 102 Å². The molecule has 0 aliphatic carbocycles. The molecule has 0 spiro atoms.